The van der Waals surface area contributed by atoms with Crippen molar-refractivity contribution in [1.29, 1.82) is 0 Å². The summed E-state index contributed by atoms with van der Waals surface area (Å²) in [7, 11) is 0. The topological polar surface area (TPSA) is 104 Å². The molecule has 21 heavy (non-hydrogen) atoms. The van der Waals surface area contributed by atoms with Gasteiger partial charge in [0.25, 0.3) is 5.88 Å². The number of rotatable bonds is 4. The van der Waals surface area contributed by atoms with Crippen LogP contribution in [0.1, 0.15) is 40.0 Å². The molecule has 1 aromatic heterocycles. The number of nitrogen functional groups attached to an aromatic ring is 1. The van der Waals surface area contributed by atoms with Gasteiger partial charge in [-0.15, -0.1) is 0 Å². The summed E-state index contributed by atoms with van der Waals surface area (Å²) in [6.45, 7) is 6.48. The summed E-state index contributed by atoms with van der Waals surface area (Å²) < 4.78 is 5.90. The third kappa shape index (κ3) is 3.59. The Kier molecular flexibility index (Phi) is 4.59. The molecule has 1 heterocycles. The molecule has 0 aliphatic heterocycles. The van der Waals surface area contributed by atoms with Crippen molar-refractivity contribution in [2.75, 3.05) is 5.73 Å². The molecular weight excluding hydrogens is 272 g/mol. The highest BCUT2D eigenvalue weighted by Crippen LogP contribution is 2.37. The molecule has 0 bridgehead atoms. The Morgan fingerprint density at radius 1 is 1.48 bits per heavy atom. The first-order valence-corrected chi connectivity index (χ1v) is 7.32. The fourth-order valence-electron chi connectivity index (χ4n) is 2.98. The minimum Gasteiger partial charge on any atom is -0.469 e. The maximum atomic E-state index is 11.1. The van der Waals surface area contributed by atoms with E-state index in [0.717, 1.165) is 25.5 Å². The van der Waals surface area contributed by atoms with E-state index in [1.54, 1.807) is 0 Å². The van der Waals surface area contributed by atoms with Gasteiger partial charge in [-0.25, -0.2) is 4.98 Å². The van der Waals surface area contributed by atoms with Crippen molar-refractivity contribution in [2.24, 2.45) is 17.8 Å². The van der Waals surface area contributed by atoms with Crippen LogP contribution < -0.4 is 10.5 Å². The van der Waals surface area contributed by atoms with Crippen LogP contribution in [0.25, 0.3) is 0 Å². The monoisotopic (exact) mass is 294 g/mol. The predicted molar refractivity (Wildman–Crippen MR) is 78.9 cm³/mol. The van der Waals surface area contributed by atoms with E-state index < -0.39 is 4.92 Å². The summed E-state index contributed by atoms with van der Waals surface area (Å²) in [5, 5.41) is 11.1. The van der Waals surface area contributed by atoms with Crippen LogP contribution in [0, 0.1) is 27.9 Å². The van der Waals surface area contributed by atoms with Crippen molar-refractivity contribution in [3.8, 4) is 5.88 Å². The van der Waals surface area contributed by atoms with Gasteiger partial charge in [0.1, 0.15) is 12.3 Å². The lowest BCUT2D eigenvalue weighted by Gasteiger charge is -2.36. The minimum atomic E-state index is -0.536. The van der Waals surface area contributed by atoms with Crippen molar-refractivity contribution in [2.45, 2.75) is 46.1 Å². The van der Waals surface area contributed by atoms with Gasteiger partial charge in [-0.2, -0.15) is 4.98 Å². The van der Waals surface area contributed by atoms with Crippen molar-refractivity contribution < 1.29 is 9.66 Å². The SMILES string of the molecule is CC1CCC(C(C)C)C(Oc2nc(N)ncc2[N+](=O)[O-])C1. The molecule has 0 radical (unpaired) electrons. The van der Waals surface area contributed by atoms with Gasteiger partial charge in [-0.3, -0.25) is 10.1 Å². The predicted octanol–water partition coefficient (Wildman–Crippen LogP) is 2.81. The van der Waals surface area contributed by atoms with Crippen LogP contribution in [0.15, 0.2) is 6.20 Å². The van der Waals surface area contributed by atoms with E-state index in [0.29, 0.717) is 17.8 Å². The summed E-state index contributed by atoms with van der Waals surface area (Å²) in [4.78, 5) is 18.1. The highest BCUT2D eigenvalue weighted by Gasteiger charge is 2.34. The van der Waals surface area contributed by atoms with E-state index in [1.165, 1.54) is 0 Å². The molecule has 2 rings (SSSR count). The van der Waals surface area contributed by atoms with Crippen LogP contribution in [0.3, 0.4) is 0 Å². The average Bonchev–Trinajstić information content (AvgIpc) is 2.38. The third-order valence-corrected chi connectivity index (χ3v) is 4.18. The number of anilines is 1. The smallest absolute Gasteiger partial charge is 0.349 e. The molecule has 1 fully saturated rings. The Morgan fingerprint density at radius 2 is 2.19 bits per heavy atom. The minimum absolute atomic E-state index is 0.0134. The van der Waals surface area contributed by atoms with Crippen molar-refractivity contribution in [1.82, 2.24) is 9.97 Å². The normalized spacial score (nSPS) is 25.8. The zero-order chi connectivity index (χ0) is 15.6. The Bertz CT molecular complexity index is 521. The number of nitrogens with two attached hydrogens (primary N) is 1. The molecule has 0 amide bonds. The maximum Gasteiger partial charge on any atom is 0.349 e. The summed E-state index contributed by atoms with van der Waals surface area (Å²) >= 11 is 0. The van der Waals surface area contributed by atoms with Gasteiger partial charge in [0, 0.05) is 0 Å². The molecule has 7 nitrogen and oxygen atoms in total. The van der Waals surface area contributed by atoms with E-state index in [9.17, 15) is 10.1 Å². The highest BCUT2D eigenvalue weighted by atomic mass is 16.6. The van der Waals surface area contributed by atoms with E-state index in [2.05, 4.69) is 30.7 Å². The van der Waals surface area contributed by atoms with Gasteiger partial charge >= 0.3 is 5.69 Å². The molecule has 2 N–H and O–H groups in total. The molecule has 0 spiro atoms. The molecular formula is C14H22N4O3. The number of nitro groups is 1. The zero-order valence-corrected chi connectivity index (χ0v) is 12.7. The first kappa shape index (κ1) is 15.5. The molecule has 1 aliphatic carbocycles. The van der Waals surface area contributed by atoms with Crippen LogP contribution in [-0.2, 0) is 0 Å². The fourth-order valence-corrected chi connectivity index (χ4v) is 2.98. The molecule has 0 saturated heterocycles. The Morgan fingerprint density at radius 3 is 2.81 bits per heavy atom. The Balaban J connectivity index is 2.26. The second kappa shape index (κ2) is 6.24. The first-order chi connectivity index (χ1) is 9.88. The molecule has 3 unspecified atom stereocenters. The molecule has 3 atom stereocenters. The van der Waals surface area contributed by atoms with Crippen LogP contribution in [0.5, 0.6) is 5.88 Å². The lowest BCUT2D eigenvalue weighted by atomic mass is 9.75. The van der Waals surface area contributed by atoms with E-state index in [1.807, 2.05) is 0 Å². The number of ether oxygens (including phenoxy) is 1. The fraction of sp³-hybridized carbons (Fsp3) is 0.714. The van der Waals surface area contributed by atoms with E-state index in [-0.39, 0.29) is 23.6 Å². The number of nitrogens with zero attached hydrogens (tertiary/aromatic N) is 3. The van der Waals surface area contributed by atoms with Crippen molar-refractivity contribution in [3.63, 3.8) is 0 Å². The molecule has 1 aromatic rings. The highest BCUT2D eigenvalue weighted by molar-refractivity contribution is 5.41. The summed E-state index contributed by atoms with van der Waals surface area (Å²) in [6.07, 6.45) is 4.15. The lowest BCUT2D eigenvalue weighted by Crippen LogP contribution is -2.36. The number of hydrogen-bond acceptors (Lipinski definition) is 6. The summed E-state index contributed by atoms with van der Waals surface area (Å²) in [5.41, 5.74) is 5.30. The van der Waals surface area contributed by atoms with Crippen molar-refractivity contribution in [3.05, 3.63) is 16.3 Å². The van der Waals surface area contributed by atoms with Crippen LogP contribution in [-0.4, -0.2) is 21.0 Å². The second-order valence-corrected chi connectivity index (χ2v) is 6.16. The van der Waals surface area contributed by atoms with Crippen LogP contribution in [0.4, 0.5) is 11.6 Å². The van der Waals surface area contributed by atoms with Gasteiger partial charge in [0.15, 0.2) is 0 Å². The Labute approximate surface area is 124 Å². The van der Waals surface area contributed by atoms with E-state index >= 15 is 0 Å². The average molecular weight is 294 g/mol. The van der Waals surface area contributed by atoms with Gasteiger partial charge in [-0.05, 0) is 30.6 Å². The molecule has 0 aromatic carbocycles. The van der Waals surface area contributed by atoms with Crippen LogP contribution in [0.2, 0.25) is 0 Å². The lowest BCUT2D eigenvalue weighted by molar-refractivity contribution is -0.386. The number of aromatic nitrogens is 2. The zero-order valence-electron chi connectivity index (χ0n) is 12.7. The third-order valence-electron chi connectivity index (χ3n) is 4.18. The van der Waals surface area contributed by atoms with E-state index in [4.69, 9.17) is 10.5 Å². The summed E-state index contributed by atoms with van der Waals surface area (Å²) in [5.74, 6) is 1.35. The molecule has 1 saturated carbocycles. The van der Waals surface area contributed by atoms with Gasteiger partial charge in [0.05, 0.1) is 4.92 Å². The van der Waals surface area contributed by atoms with Gasteiger partial charge < -0.3 is 10.5 Å². The molecule has 7 heteroatoms. The van der Waals surface area contributed by atoms with Gasteiger partial charge in [0.2, 0.25) is 5.95 Å². The largest absolute Gasteiger partial charge is 0.469 e. The summed E-state index contributed by atoms with van der Waals surface area (Å²) in [6, 6.07) is 0. The van der Waals surface area contributed by atoms with Crippen molar-refractivity contribution >= 4 is 11.6 Å². The van der Waals surface area contributed by atoms with Crippen LogP contribution >= 0.6 is 0 Å². The maximum absolute atomic E-state index is 11.1. The number of hydrogen-bond donors (Lipinski definition) is 1. The Hall–Kier alpha value is -1.92. The molecule has 116 valence electrons. The second-order valence-electron chi connectivity index (χ2n) is 6.16. The van der Waals surface area contributed by atoms with Gasteiger partial charge in [-0.1, -0.05) is 27.2 Å². The quantitative estimate of drug-likeness (QED) is 0.676. The molecule has 1 aliphatic rings. The first-order valence-electron chi connectivity index (χ1n) is 7.32. The standard InChI is InChI=1S/C14H22N4O3/c1-8(2)10-5-4-9(3)6-12(10)21-13-11(18(19)20)7-16-14(15)17-13/h7-10,12H,4-6H2,1-3H3,(H2,15,16,17).